The molecule has 510 valence electrons. The largest absolute Gasteiger partial charge is 0.481 e. The van der Waals surface area contributed by atoms with Gasteiger partial charge >= 0.3 is 11.9 Å². The molecule has 0 bridgehead atoms. The standard InChI is InChI=1S/C61H83F2N11O19/c1-36(67-49(78)35-92-28-27-91-26-25-90-6)56(85)68-37(2)57(86)71-45(31-47(64)76)60(89)70-44(59(88)66-23-22-65-58(87)43(17-20-53(82)83)69-48(77)13-10-14-54(84)93-74-50(79)18-19-51(74)80)21-24-73(52(81)34-75)55(61(3,4)5)46-29-39(41-30-40(62)15-16-42(41)63)33-72(46)32-38-11-8-7-9-12-38/h7-9,11-12,15-16,29-30,33,36-37,43-45,55,75H,10,13-14,17-28,31-32,34-35H2,1-6H3,(H2,64,76)(H,65,87)(H,66,88)(H,67,78)(H,68,85)(H,69,77)(H,70,89)(H,71,86)(H,82,83)/t36-,37-,43-,44+,45+,55+/m1/s1. The first-order valence-corrected chi connectivity index (χ1v) is 29.9. The second-order valence-corrected chi connectivity index (χ2v) is 22.7. The minimum absolute atomic E-state index is 0.0602. The number of aliphatic hydroxyl groups excluding tert-OH is 1. The van der Waals surface area contributed by atoms with Crippen LogP contribution < -0.4 is 43.0 Å². The monoisotopic (exact) mass is 1310 g/mol. The summed E-state index contributed by atoms with van der Waals surface area (Å²) in [7, 11) is 1.51. The number of hydrogen-bond acceptors (Lipinski definition) is 18. The van der Waals surface area contributed by atoms with Crippen molar-refractivity contribution in [3.05, 3.63) is 83.7 Å². The van der Waals surface area contributed by atoms with Gasteiger partial charge in [-0.1, -0.05) is 51.1 Å². The average Bonchev–Trinajstić information content (AvgIpc) is 1.68. The highest BCUT2D eigenvalue weighted by Crippen LogP contribution is 2.41. The Kier molecular flexibility index (Phi) is 31.1. The Morgan fingerprint density at radius 1 is 0.699 bits per heavy atom. The van der Waals surface area contributed by atoms with Gasteiger partial charge in [0.1, 0.15) is 55.1 Å². The van der Waals surface area contributed by atoms with Crippen molar-refractivity contribution in [2.45, 2.75) is 135 Å². The van der Waals surface area contributed by atoms with Crippen molar-refractivity contribution in [3.63, 3.8) is 0 Å². The number of halogens is 2. The fourth-order valence-corrected chi connectivity index (χ4v) is 9.52. The summed E-state index contributed by atoms with van der Waals surface area (Å²) in [6, 6.07) is 4.78. The first kappa shape index (κ1) is 76.2. The Hall–Kier alpha value is -9.27. The van der Waals surface area contributed by atoms with E-state index in [4.69, 9.17) is 24.8 Å². The number of hydroxylamine groups is 2. The third-order valence-corrected chi connectivity index (χ3v) is 14.1. The summed E-state index contributed by atoms with van der Waals surface area (Å²) in [4.78, 5) is 175. The van der Waals surface area contributed by atoms with Crippen LogP contribution in [-0.2, 0) is 87.9 Å². The highest BCUT2D eigenvalue weighted by atomic mass is 19.1. The summed E-state index contributed by atoms with van der Waals surface area (Å²) in [5.41, 5.74) is 5.82. The number of aromatic nitrogens is 1. The Morgan fingerprint density at radius 3 is 1.91 bits per heavy atom. The van der Waals surface area contributed by atoms with Gasteiger partial charge in [0.05, 0.1) is 38.9 Å². The number of carbonyl (C=O) groups excluding carboxylic acids is 12. The summed E-state index contributed by atoms with van der Waals surface area (Å²) >= 11 is 0. The predicted molar refractivity (Wildman–Crippen MR) is 323 cm³/mol. The van der Waals surface area contributed by atoms with Gasteiger partial charge in [0.2, 0.25) is 53.2 Å². The van der Waals surface area contributed by atoms with Gasteiger partial charge in [-0.05, 0) is 68.4 Å². The molecule has 2 aromatic carbocycles. The van der Waals surface area contributed by atoms with Gasteiger partial charge in [0, 0.05) is 88.4 Å². The quantitative estimate of drug-likeness (QED) is 0.0257. The summed E-state index contributed by atoms with van der Waals surface area (Å²) < 4.78 is 47.4. The number of carboxylic acid groups (broad SMARTS) is 1. The molecule has 0 spiro atoms. The van der Waals surface area contributed by atoms with Crippen LogP contribution in [0.2, 0.25) is 0 Å². The second-order valence-electron chi connectivity index (χ2n) is 22.7. The molecule has 3 aromatic rings. The molecule has 1 fully saturated rings. The Morgan fingerprint density at radius 2 is 1.30 bits per heavy atom. The van der Waals surface area contributed by atoms with Crippen molar-refractivity contribution < 1.29 is 100 Å². The maximum Gasteiger partial charge on any atom is 0.333 e. The van der Waals surface area contributed by atoms with Crippen LogP contribution in [0.15, 0.2) is 60.8 Å². The van der Waals surface area contributed by atoms with E-state index in [2.05, 4.69) is 37.2 Å². The van der Waals surface area contributed by atoms with Crippen LogP contribution in [0, 0.1) is 17.0 Å². The van der Waals surface area contributed by atoms with Crippen molar-refractivity contribution >= 4 is 76.9 Å². The van der Waals surface area contributed by atoms with Crippen LogP contribution >= 0.6 is 0 Å². The lowest BCUT2D eigenvalue weighted by Crippen LogP contribution is -2.58. The molecule has 1 saturated heterocycles. The zero-order valence-corrected chi connectivity index (χ0v) is 52.7. The van der Waals surface area contributed by atoms with Gasteiger partial charge in [-0.3, -0.25) is 57.5 Å². The lowest BCUT2D eigenvalue weighted by Gasteiger charge is -2.41. The van der Waals surface area contributed by atoms with Crippen molar-refractivity contribution in [2.24, 2.45) is 11.1 Å². The third-order valence-electron chi connectivity index (χ3n) is 14.1. The molecule has 11 amide bonds. The van der Waals surface area contributed by atoms with E-state index in [0.29, 0.717) is 24.0 Å². The molecule has 1 aromatic heterocycles. The number of hydrogen-bond donors (Lipinski definition) is 10. The number of amides is 11. The number of primary amides is 1. The van der Waals surface area contributed by atoms with E-state index >= 15 is 4.39 Å². The number of aliphatic carboxylic acids is 1. The third kappa shape index (κ3) is 25.7. The van der Waals surface area contributed by atoms with Crippen molar-refractivity contribution in [2.75, 3.05) is 66.4 Å². The summed E-state index contributed by atoms with van der Waals surface area (Å²) in [6.07, 6.45) is -2.03. The smallest absolute Gasteiger partial charge is 0.333 e. The second kappa shape index (κ2) is 37.9. The average molecular weight is 1310 g/mol. The van der Waals surface area contributed by atoms with Crippen molar-refractivity contribution in [3.8, 4) is 11.1 Å². The molecule has 32 heteroatoms. The minimum atomic E-state index is -1.84. The molecule has 0 saturated carbocycles. The van der Waals surface area contributed by atoms with Gasteiger partial charge in [0.25, 0.3) is 11.8 Å². The van der Waals surface area contributed by atoms with Crippen LogP contribution in [0.3, 0.4) is 0 Å². The number of ether oxygens (including phenoxy) is 3. The highest BCUT2D eigenvalue weighted by molar-refractivity contribution is 6.02. The number of imide groups is 1. The SMILES string of the molecule is COCCOCCOCC(=O)N[C@H](C)C(=O)N[C@H](C)C(=O)N[C@@H](CC(N)=O)C(=O)N[C@@H](CCN(C(=O)CO)[C@@H](c1cc(-c2cc(F)ccc2F)cn1Cc1ccccc1)C(C)(C)C)C(=O)NCCNC(=O)[C@@H](CCC(=O)O)NC(=O)CCCC(=O)ON1C(=O)CCC1=O. The molecule has 4 rings (SSSR count). The first-order valence-electron chi connectivity index (χ1n) is 29.9. The summed E-state index contributed by atoms with van der Waals surface area (Å²) in [6.45, 7) is 6.08. The van der Waals surface area contributed by atoms with E-state index in [-0.39, 0.29) is 56.6 Å². The molecular weight excluding hydrogens is 1230 g/mol. The minimum Gasteiger partial charge on any atom is -0.481 e. The summed E-state index contributed by atoms with van der Waals surface area (Å²) in [5, 5.41) is 37.3. The number of methoxy groups -OCH3 is 1. The number of carboxylic acids is 1. The molecule has 30 nitrogen and oxygen atoms in total. The fraction of sp³-hybridized carbons (Fsp3) is 0.525. The van der Waals surface area contributed by atoms with Crippen LogP contribution in [0.25, 0.3) is 11.1 Å². The zero-order chi connectivity index (χ0) is 69.0. The number of nitrogens with one attached hydrogen (secondary N) is 7. The van der Waals surface area contributed by atoms with E-state index < -0.39 is 195 Å². The molecule has 93 heavy (non-hydrogen) atoms. The zero-order valence-electron chi connectivity index (χ0n) is 52.7. The number of nitrogens with zero attached hydrogens (tertiary/aromatic N) is 3. The lowest BCUT2D eigenvalue weighted by molar-refractivity contribution is -0.197. The topological polar surface area (TPSA) is 421 Å². The molecule has 6 atom stereocenters. The normalized spacial score (nSPS) is 14.1. The number of aliphatic hydroxyl groups is 1. The summed E-state index contributed by atoms with van der Waals surface area (Å²) in [5.74, 6) is -13.6. The van der Waals surface area contributed by atoms with E-state index in [1.807, 2.05) is 12.1 Å². The number of benzene rings is 2. The Balaban J connectivity index is 1.60. The predicted octanol–water partition coefficient (Wildman–Crippen LogP) is -0.327. The molecule has 0 unspecified atom stereocenters. The molecular formula is C61H83F2N11O19. The van der Waals surface area contributed by atoms with Gasteiger partial charge in [-0.2, -0.15) is 0 Å². The molecule has 0 radical (unpaired) electrons. The van der Waals surface area contributed by atoms with Gasteiger partial charge < -0.3 is 81.7 Å². The molecule has 1 aliphatic heterocycles. The molecule has 0 aliphatic carbocycles. The lowest BCUT2D eigenvalue weighted by atomic mass is 9.82. The van der Waals surface area contributed by atoms with E-state index in [1.165, 1.54) is 25.9 Å². The number of nitrogens with two attached hydrogens (primary N) is 1. The maximum absolute atomic E-state index is 15.5. The maximum atomic E-state index is 15.5. The van der Waals surface area contributed by atoms with Crippen LogP contribution in [0.4, 0.5) is 8.78 Å². The van der Waals surface area contributed by atoms with Crippen LogP contribution in [0.5, 0.6) is 0 Å². The fourth-order valence-electron chi connectivity index (χ4n) is 9.52. The first-order chi connectivity index (χ1) is 44.0. The molecule has 1 aliphatic rings. The van der Waals surface area contributed by atoms with Gasteiger partial charge in [-0.25, -0.2) is 13.6 Å². The van der Waals surface area contributed by atoms with Gasteiger partial charge in [0.15, 0.2) is 0 Å². The molecule has 11 N–H and O–H groups in total. The molecule has 2 heterocycles. The Labute approximate surface area is 535 Å². The van der Waals surface area contributed by atoms with Crippen LogP contribution in [-0.4, -0.2) is 198 Å². The van der Waals surface area contributed by atoms with Crippen molar-refractivity contribution in [1.29, 1.82) is 0 Å². The van der Waals surface area contributed by atoms with Crippen LogP contribution in [0.1, 0.15) is 110 Å². The number of carbonyl (C=O) groups is 13. The van der Waals surface area contributed by atoms with E-state index in [1.54, 1.807) is 55.8 Å². The Bertz CT molecular complexity index is 3110. The number of rotatable bonds is 40. The van der Waals surface area contributed by atoms with Gasteiger partial charge in [-0.15, -0.1) is 5.06 Å². The van der Waals surface area contributed by atoms with E-state index in [9.17, 15) is 76.9 Å². The highest BCUT2D eigenvalue weighted by Gasteiger charge is 2.39. The van der Waals surface area contributed by atoms with E-state index in [0.717, 1.165) is 23.8 Å². The van der Waals surface area contributed by atoms with Crippen molar-refractivity contribution in [1.82, 2.24) is 51.7 Å².